The van der Waals surface area contributed by atoms with Gasteiger partial charge in [-0.05, 0) is 26.0 Å². The van der Waals surface area contributed by atoms with Gasteiger partial charge < -0.3 is 15.0 Å². The van der Waals surface area contributed by atoms with Gasteiger partial charge in [-0.1, -0.05) is 0 Å². The lowest BCUT2D eigenvalue weighted by molar-refractivity contribution is 0.102. The van der Waals surface area contributed by atoms with E-state index < -0.39 is 0 Å². The Balaban J connectivity index is 1.76. The van der Waals surface area contributed by atoms with E-state index in [1.807, 2.05) is 6.07 Å². The highest BCUT2D eigenvalue weighted by Gasteiger charge is 2.24. The van der Waals surface area contributed by atoms with Crippen LogP contribution in [-0.2, 0) is 7.05 Å². The maximum Gasteiger partial charge on any atom is 0.316 e. The molecule has 0 saturated carbocycles. The molecule has 1 fully saturated rings. The molecule has 3 aromatic rings. The lowest BCUT2D eigenvalue weighted by Crippen LogP contribution is -2.54. The van der Waals surface area contributed by atoms with Crippen LogP contribution < -0.4 is 20.3 Å². The zero-order valence-corrected chi connectivity index (χ0v) is 16.9. The third-order valence-electron chi connectivity index (χ3n) is 4.86. The Kier molecular flexibility index (Phi) is 5.01. The number of nitrogens with zero attached hydrogens (tertiary/aromatic N) is 6. The monoisotopic (exact) mass is 396 g/mol. The Morgan fingerprint density at radius 3 is 2.66 bits per heavy atom. The minimum absolute atomic E-state index is 0.210. The minimum atomic E-state index is -0.337. The molecule has 2 N–H and O–H groups in total. The molecule has 4 rings (SSSR count). The van der Waals surface area contributed by atoms with Gasteiger partial charge in [-0.15, -0.1) is 5.10 Å². The second-order valence-corrected chi connectivity index (χ2v) is 7.32. The number of carbonyl (C=O) groups excluding carboxylic acids is 1. The third-order valence-corrected chi connectivity index (χ3v) is 4.86. The van der Waals surface area contributed by atoms with Crippen molar-refractivity contribution in [1.82, 2.24) is 30.0 Å². The van der Waals surface area contributed by atoms with Crippen LogP contribution in [-0.4, -0.2) is 62.9 Å². The second-order valence-electron chi connectivity index (χ2n) is 7.32. The van der Waals surface area contributed by atoms with Crippen LogP contribution in [0.15, 0.2) is 24.7 Å². The summed E-state index contributed by atoms with van der Waals surface area (Å²) in [5, 5.41) is 11.1. The van der Waals surface area contributed by atoms with Crippen LogP contribution in [0.2, 0.25) is 0 Å². The number of benzene rings is 1. The standard InChI is InChI=1S/C19H24N8O2/c1-11-8-27(9-12(2)22-11)15-6-5-13(16-14(15)7-20-19(23-16)29-4)17(28)24-18-21-10-26(3)25-18/h5-7,10-12,22H,8-9H2,1-4H3,(H,24,25,28). The van der Waals surface area contributed by atoms with E-state index in [2.05, 4.69) is 49.4 Å². The molecule has 0 aliphatic carbocycles. The summed E-state index contributed by atoms with van der Waals surface area (Å²) in [5.74, 6) is -0.101. The van der Waals surface area contributed by atoms with E-state index in [0.29, 0.717) is 23.2 Å². The van der Waals surface area contributed by atoms with Crippen LogP contribution in [0.1, 0.15) is 24.2 Å². The first-order chi connectivity index (χ1) is 13.9. The number of aromatic nitrogens is 5. The number of amides is 1. The lowest BCUT2D eigenvalue weighted by atomic mass is 10.0. The fourth-order valence-electron chi connectivity index (χ4n) is 3.74. The van der Waals surface area contributed by atoms with Crippen molar-refractivity contribution in [3.63, 3.8) is 0 Å². The van der Waals surface area contributed by atoms with E-state index in [0.717, 1.165) is 24.2 Å². The van der Waals surface area contributed by atoms with E-state index in [1.54, 1.807) is 19.3 Å². The van der Waals surface area contributed by atoms with Gasteiger partial charge in [0, 0.05) is 49.5 Å². The van der Waals surface area contributed by atoms with Crippen molar-refractivity contribution in [2.75, 3.05) is 30.4 Å². The summed E-state index contributed by atoms with van der Waals surface area (Å²) < 4.78 is 6.72. The molecule has 2 atom stereocenters. The molecule has 2 unspecified atom stereocenters. The largest absolute Gasteiger partial charge is 0.467 e. The predicted octanol–water partition coefficient (Wildman–Crippen LogP) is 1.21. The number of methoxy groups -OCH3 is 1. The summed E-state index contributed by atoms with van der Waals surface area (Å²) >= 11 is 0. The van der Waals surface area contributed by atoms with E-state index in [4.69, 9.17) is 4.74 Å². The van der Waals surface area contributed by atoms with Crippen LogP contribution in [0.25, 0.3) is 10.9 Å². The first-order valence-corrected chi connectivity index (χ1v) is 9.46. The number of nitrogens with one attached hydrogen (secondary N) is 2. The molecule has 1 aromatic carbocycles. The zero-order chi connectivity index (χ0) is 20.5. The Morgan fingerprint density at radius 2 is 2.00 bits per heavy atom. The molecule has 10 heteroatoms. The molecule has 1 aliphatic rings. The van der Waals surface area contributed by atoms with Crippen LogP contribution in [0.5, 0.6) is 6.01 Å². The predicted molar refractivity (Wildman–Crippen MR) is 109 cm³/mol. The highest BCUT2D eigenvalue weighted by Crippen LogP contribution is 2.30. The zero-order valence-electron chi connectivity index (χ0n) is 16.9. The Morgan fingerprint density at radius 1 is 1.24 bits per heavy atom. The van der Waals surface area contributed by atoms with Crippen molar-refractivity contribution in [2.45, 2.75) is 25.9 Å². The molecule has 1 aliphatic heterocycles. The fourth-order valence-corrected chi connectivity index (χ4v) is 3.74. The summed E-state index contributed by atoms with van der Waals surface area (Å²) in [7, 11) is 3.24. The van der Waals surface area contributed by atoms with Gasteiger partial charge in [-0.25, -0.2) is 9.97 Å². The van der Waals surface area contributed by atoms with Crippen molar-refractivity contribution in [2.24, 2.45) is 7.05 Å². The lowest BCUT2D eigenvalue weighted by Gasteiger charge is -2.38. The highest BCUT2D eigenvalue weighted by molar-refractivity contribution is 6.13. The molecular weight excluding hydrogens is 372 g/mol. The van der Waals surface area contributed by atoms with Gasteiger partial charge >= 0.3 is 6.01 Å². The molecule has 10 nitrogen and oxygen atoms in total. The molecule has 1 saturated heterocycles. The molecule has 0 radical (unpaired) electrons. The van der Waals surface area contributed by atoms with Crippen molar-refractivity contribution in [1.29, 1.82) is 0 Å². The maximum absolute atomic E-state index is 12.9. The number of piperazine rings is 1. The Labute approximate surface area is 168 Å². The van der Waals surface area contributed by atoms with Crippen molar-refractivity contribution < 1.29 is 9.53 Å². The molecule has 29 heavy (non-hydrogen) atoms. The Bertz CT molecular complexity index is 1040. The van der Waals surface area contributed by atoms with Crippen molar-refractivity contribution >= 4 is 28.4 Å². The van der Waals surface area contributed by atoms with Gasteiger partial charge in [-0.3, -0.25) is 14.8 Å². The van der Waals surface area contributed by atoms with Gasteiger partial charge in [0.15, 0.2) is 0 Å². The number of aryl methyl sites for hydroxylation is 1. The van der Waals surface area contributed by atoms with Crippen LogP contribution in [0.3, 0.4) is 0 Å². The first kappa shape index (κ1) is 19.1. The summed E-state index contributed by atoms with van der Waals surface area (Å²) in [6.07, 6.45) is 3.23. The summed E-state index contributed by atoms with van der Waals surface area (Å²) in [6.45, 7) is 6.03. The molecular formula is C19H24N8O2. The topological polar surface area (TPSA) is 110 Å². The van der Waals surface area contributed by atoms with E-state index in [-0.39, 0.29) is 17.9 Å². The molecule has 3 heterocycles. The number of ether oxygens (including phenoxy) is 1. The quantitative estimate of drug-likeness (QED) is 0.677. The number of carbonyl (C=O) groups is 1. The second kappa shape index (κ2) is 7.63. The average molecular weight is 396 g/mol. The Hall–Kier alpha value is -3.27. The summed E-state index contributed by atoms with van der Waals surface area (Å²) in [4.78, 5) is 28.0. The average Bonchev–Trinajstić information content (AvgIpc) is 3.10. The third kappa shape index (κ3) is 3.83. The highest BCUT2D eigenvalue weighted by atomic mass is 16.5. The number of anilines is 2. The smallest absolute Gasteiger partial charge is 0.316 e. The minimum Gasteiger partial charge on any atom is -0.467 e. The van der Waals surface area contributed by atoms with Crippen molar-refractivity contribution in [3.8, 4) is 6.01 Å². The molecule has 1 amide bonds. The van der Waals surface area contributed by atoms with Gasteiger partial charge in [0.05, 0.1) is 18.2 Å². The van der Waals surface area contributed by atoms with Gasteiger partial charge in [0.1, 0.15) is 6.33 Å². The number of hydrogen-bond donors (Lipinski definition) is 2. The summed E-state index contributed by atoms with van der Waals surface area (Å²) in [6, 6.07) is 4.64. The van der Waals surface area contributed by atoms with Crippen LogP contribution >= 0.6 is 0 Å². The van der Waals surface area contributed by atoms with Gasteiger partial charge in [0.25, 0.3) is 5.91 Å². The van der Waals surface area contributed by atoms with Gasteiger partial charge in [0.2, 0.25) is 5.95 Å². The van der Waals surface area contributed by atoms with E-state index >= 15 is 0 Å². The first-order valence-electron chi connectivity index (χ1n) is 9.46. The van der Waals surface area contributed by atoms with Crippen molar-refractivity contribution in [3.05, 3.63) is 30.2 Å². The van der Waals surface area contributed by atoms with E-state index in [1.165, 1.54) is 18.1 Å². The van der Waals surface area contributed by atoms with E-state index in [9.17, 15) is 4.79 Å². The molecule has 0 spiro atoms. The molecule has 0 bridgehead atoms. The molecule has 2 aromatic heterocycles. The summed E-state index contributed by atoms with van der Waals surface area (Å²) in [5.41, 5.74) is 1.94. The maximum atomic E-state index is 12.9. The van der Waals surface area contributed by atoms with Crippen LogP contribution in [0.4, 0.5) is 11.6 Å². The number of fused-ring (bicyclic) bond motifs is 1. The van der Waals surface area contributed by atoms with Gasteiger partial charge in [-0.2, -0.15) is 4.98 Å². The fraction of sp³-hybridized carbons (Fsp3) is 0.421. The number of hydrogen-bond acceptors (Lipinski definition) is 8. The normalized spacial score (nSPS) is 19.4. The SMILES string of the molecule is COc1ncc2c(N3CC(C)NC(C)C3)ccc(C(=O)Nc3ncn(C)n3)c2n1. The molecule has 152 valence electrons. The van der Waals surface area contributed by atoms with Crippen LogP contribution in [0, 0.1) is 0 Å². The number of rotatable bonds is 4.